The van der Waals surface area contributed by atoms with E-state index in [1.807, 2.05) is 19.0 Å². The second-order valence-corrected chi connectivity index (χ2v) is 7.09. The van der Waals surface area contributed by atoms with Gasteiger partial charge in [0, 0.05) is 14.1 Å². The summed E-state index contributed by atoms with van der Waals surface area (Å²) in [5.41, 5.74) is 1.52. The van der Waals surface area contributed by atoms with Crippen molar-refractivity contribution in [3.63, 3.8) is 0 Å². The Hall–Kier alpha value is -3.05. The summed E-state index contributed by atoms with van der Waals surface area (Å²) in [5, 5.41) is 24.1. The Bertz CT molecular complexity index is 970. The fraction of sp³-hybridized carbons (Fsp3) is 0.471. The number of H-pyrrole nitrogens is 1. The van der Waals surface area contributed by atoms with Crippen LogP contribution in [0.25, 0.3) is 11.2 Å². The van der Waals surface area contributed by atoms with Gasteiger partial charge in [-0.25, -0.2) is 19.9 Å². The van der Waals surface area contributed by atoms with Gasteiger partial charge in [-0.15, -0.1) is 0 Å². The topological polar surface area (TPSA) is 145 Å². The van der Waals surface area contributed by atoms with Crippen molar-refractivity contribution < 1.29 is 15.0 Å². The van der Waals surface area contributed by atoms with E-state index < -0.39 is 24.3 Å². The van der Waals surface area contributed by atoms with Crippen LogP contribution in [-0.2, 0) is 0 Å². The minimum absolute atomic E-state index is 0.303. The Labute approximate surface area is 160 Å². The van der Waals surface area contributed by atoms with Crippen molar-refractivity contribution in [2.24, 2.45) is 0 Å². The van der Waals surface area contributed by atoms with Crippen molar-refractivity contribution in [2.45, 2.75) is 37.1 Å². The maximum absolute atomic E-state index is 12.2. The van der Waals surface area contributed by atoms with Gasteiger partial charge in [0.25, 0.3) is 5.91 Å². The molecule has 0 radical (unpaired) electrons. The van der Waals surface area contributed by atoms with E-state index in [2.05, 4.69) is 30.2 Å². The number of aromatic nitrogens is 6. The normalized spacial score (nSPS) is 25.0. The van der Waals surface area contributed by atoms with Crippen LogP contribution in [0.4, 0.5) is 5.82 Å². The van der Waals surface area contributed by atoms with Crippen LogP contribution in [0.3, 0.4) is 0 Å². The van der Waals surface area contributed by atoms with Gasteiger partial charge < -0.3 is 30.0 Å². The molecule has 4 rings (SSSR count). The summed E-state index contributed by atoms with van der Waals surface area (Å²) < 4.78 is 1.77. The summed E-state index contributed by atoms with van der Waals surface area (Å²) in [6.07, 6.45) is 4.70. The number of carbonyl (C=O) groups excluding carboxylic acids is 1. The molecule has 148 valence electrons. The molecule has 0 bridgehead atoms. The van der Waals surface area contributed by atoms with Gasteiger partial charge in [-0.1, -0.05) is 0 Å². The molecule has 4 atom stereocenters. The van der Waals surface area contributed by atoms with Gasteiger partial charge in [0.1, 0.15) is 24.2 Å². The maximum Gasteiger partial charge on any atom is 0.269 e. The number of amides is 1. The molecular weight excluding hydrogens is 364 g/mol. The number of anilines is 1. The summed E-state index contributed by atoms with van der Waals surface area (Å²) in [7, 11) is 3.74. The number of aliphatic hydroxyl groups excluding tert-OH is 2. The first kappa shape index (κ1) is 18.3. The summed E-state index contributed by atoms with van der Waals surface area (Å²) in [4.78, 5) is 33.5. The number of carbonyl (C=O) groups is 1. The van der Waals surface area contributed by atoms with Crippen molar-refractivity contribution in [3.05, 3.63) is 30.9 Å². The first-order chi connectivity index (χ1) is 13.5. The molecule has 1 aliphatic carbocycles. The number of fused-ring (bicyclic) bond motifs is 1. The average molecular weight is 386 g/mol. The number of hydrogen-bond donors (Lipinski definition) is 4. The molecule has 0 saturated heterocycles. The van der Waals surface area contributed by atoms with Crippen LogP contribution >= 0.6 is 0 Å². The van der Waals surface area contributed by atoms with Gasteiger partial charge in [0.15, 0.2) is 17.0 Å². The summed E-state index contributed by atoms with van der Waals surface area (Å²) in [6.45, 7) is 0. The second kappa shape index (κ2) is 7.17. The number of nitrogens with one attached hydrogen (secondary N) is 2. The third kappa shape index (κ3) is 3.08. The van der Waals surface area contributed by atoms with Crippen LogP contribution in [0.15, 0.2) is 25.2 Å². The lowest BCUT2D eigenvalue weighted by Gasteiger charge is -2.38. The van der Waals surface area contributed by atoms with E-state index in [1.54, 1.807) is 10.9 Å². The third-order valence-corrected chi connectivity index (χ3v) is 5.11. The molecule has 4 N–H and O–H groups in total. The van der Waals surface area contributed by atoms with E-state index in [1.165, 1.54) is 18.9 Å². The van der Waals surface area contributed by atoms with Crippen molar-refractivity contribution in [2.75, 3.05) is 19.0 Å². The Morgan fingerprint density at radius 3 is 2.79 bits per heavy atom. The van der Waals surface area contributed by atoms with Crippen LogP contribution in [0, 0.1) is 0 Å². The Kier molecular flexibility index (Phi) is 4.69. The maximum atomic E-state index is 12.2. The number of aliphatic hydroxyl groups is 2. The largest absolute Gasteiger partial charge is 0.388 e. The van der Waals surface area contributed by atoms with Gasteiger partial charge in [-0.05, 0) is 12.8 Å². The van der Waals surface area contributed by atoms with E-state index in [0.717, 1.165) is 0 Å². The second-order valence-electron chi connectivity index (χ2n) is 7.09. The molecule has 0 aromatic carbocycles. The van der Waals surface area contributed by atoms with E-state index in [0.29, 0.717) is 35.5 Å². The van der Waals surface area contributed by atoms with Crippen molar-refractivity contribution in [3.8, 4) is 0 Å². The van der Waals surface area contributed by atoms with E-state index >= 15 is 0 Å². The quantitative estimate of drug-likeness (QED) is 0.468. The number of nitrogens with zero attached hydrogens (tertiary/aromatic N) is 6. The summed E-state index contributed by atoms with van der Waals surface area (Å²) in [5.74, 6) is 0.308. The van der Waals surface area contributed by atoms with Crippen LogP contribution in [0.2, 0.25) is 0 Å². The highest BCUT2D eigenvalue weighted by molar-refractivity contribution is 5.92. The van der Waals surface area contributed by atoms with Crippen molar-refractivity contribution >= 4 is 22.9 Å². The lowest BCUT2D eigenvalue weighted by atomic mass is 9.85. The highest BCUT2D eigenvalue weighted by atomic mass is 16.3. The zero-order chi connectivity index (χ0) is 19.8. The fourth-order valence-electron chi connectivity index (χ4n) is 3.65. The molecule has 0 spiro atoms. The number of imidazole rings is 2. The highest BCUT2D eigenvalue weighted by Crippen LogP contribution is 2.32. The van der Waals surface area contributed by atoms with Crippen LogP contribution in [-0.4, -0.2) is 78.0 Å². The predicted octanol–water partition coefficient (Wildman–Crippen LogP) is -0.529. The average Bonchev–Trinajstić information content (AvgIpc) is 3.35. The molecule has 28 heavy (non-hydrogen) atoms. The van der Waals surface area contributed by atoms with Gasteiger partial charge in [-0.3, -0.25) is 4.79 Å². The molecule has 0 unspecified atom stereocenters. The zero-order valence-corrected chi connectivity index (χ0v) is 15.5. The van der Waals surface area contributed by atoms with E-state index in [-0.39, 0.29) is 5.91 Å². The van der Waals surface area contributed by atoms with Gasteiger partial charge >= 0.3 is 0 Å². The molecule has 3 heterocycles. The third-order valence-electron chi connectivity index (χ3n) is 5.11. The molecule has 1 amide bonds. The number of rotatable bonds is 4. The lowest BCUT2D eigenvalue weighted by Crippen LogP contribution is -2.54. The zero-order valence-electron chi connectivity index (χ0n) is 15.5. The molecule has 3 aromatic heterocycles. The van der Waals surface area contributed by atoms with Gasteiger partial charge in [0.2, 0.25) is 0 Å². The van der Waals surface area contributed by atoms with Crippen molar-refractivity contribution in [1.29, 1.82) is 0 Å². The number of hydrogen-bond acceptors (Lipinski definition) is 8. The first-order valence-corrected chi connectivity index (χ1v) is 8.97. The highest BCUT2D eigenvalue weighted by Gasteiger charge is 2.40. The Morgan fingerprint density at radius 2 is 2.07 bits per heavy atom. The van der Waals surface area contributed by atoms with E-state index in [4.69, 9.17) is 0 Å². The molecule has 11 nitrogen and oxygen atoms in total. The SMILES string of the molecule is CN(C)c1ncnc2c1ncn2[C@@H]1CC[C@@H](NC(=O)c2cnc[nH]2)[C@@H](O)[C@@H]1O. The summed E-state index contributed by atoms with van der Waals surface area (Å²) >= 11 is 0. The molecular formula is C17H22N8O3. The molecule has 3 aromatic rings. The van der Waals surface area contributed by atoms with Crippen LogP contribution < -0.4 is 10.2 Å². The Balaban J connectivity index is 1.55. The van der Waals surface area contributed by atoms with Crippen LogP contribution in [0.5, 0.6) is 0 Å². The molecule has 1 aliphatic rings. The molecule has 11 heteroatoms. The molecule has 0 aliphatic heterocycles. The van der Waals surface area contributed by atoms with Gasteiger partial charge in [0.05, 0.1) is 30.9 Å². The smallest absolute Gasteiger partial charge is 0.269 e. The minimum atomic E-state index is -1.13. The fourth-order valence-corrected chi connectivity index (χ4v) is 3.65. The van der Waals surface area contributed by atoms with Crippen LogP contribution in [0.1, 0.15) is 29.4 Å². The van der Waals surface area contributed by atoms with Crippen molar-refractivity contribution in [1.82, 2.24) is 34.8 Å². The minimum Gasteiger partial charge on any atom is -0.388 e. The molecule has 1 fully saturated rings. The molecule has 1 saturated carbocycles. The van der Waals surface area contributed by atoms with E-state index in [9.17, 15) is 15.0 Å². The lowest BCUT2D eigenvalue weighted by molar-refractivity contribution is -0.0553. The first-order valence-electron chi connectivity index (χ1n) is 8.97. The Morgan fingerprint density at radius 1 is 1.25 bits per heavy atom. The standard InChI is InChI=1S/C17H22N8O3/c1-24(2)15-12-16(21-7-20-15)25(8-22-12)11-4-3-9(13(26)14(11)27)23-17(28)10-5-18-6-19-10/h5-9,11,13-14,26-27H,3-4H2,1-2H3,(H,18,19)(H,23,28)/t9-,11-,13-,14-/m1/s1. The summed E-state index contributed by atoms with van der Waals surface area (Å²) in [6, 6.07) is -0.978. The monoisotopic (exact) mass is 386 g/mol. The predicted molar refractivity (Wildman–Crippen MR) is 99.8 cm³/mol. The number of aromatic amines is 1. The van der Waals surface area contributed by atoms with Gasteiger partial charge in [-0.2, -0.15) is 0 Å².